The number of hydrogen-bond acceptors (Lipinski definition) is 9. The Morgan fingerprint density at radius 3 is 2.58 bits per heavy atom. The molecule has 11 heteroatoms. The first-order valence-corrected chi connectivity index (χ1v) is 13.3. The lowest BCUT2D eigenvalue weighted by Gasteiger charge is -2.23. The molecule has 0 bridgehead atoms. The molecule has 38 heavy (non-hydrogen) atoms. The third-order valence-corrected chi connectivity index (χ3v) is 7.05. The highest BCUT2D eigenvalue weighted by Crippen LogP contribution is 2.35. The van der Waals surface area contributed by atoms with Crippen molar-refractivity contribution in [2.24, 2.45) is 4.99 Å². The van der Waals surface area contributed by atoms with Crippen LogP contribution in [0, 0.1) is 11.3 Å². The van der Waals surface area contributed by atoms with E-state index in [2.05, 4.69) is 20.9 Å². The van der Waals surface area contributed by atoms with Gasteiger partial charge in [0.2, 0.25) is 0 Å². The van der Waals surface area contributed by atoms with Crippen LogP contribution in [0.15, 0.2) is 62.4 Å². The number of aromatic nitrogens is 1. The van der Waals surface area contributed by atoms with Crippen molar-refractivity contribution in [1.82, 2.24) is 4.57 Å². The minimum absolute atomic E-state index is 0.133. The fourth-order valence-electron chi connectivity index (χ4n) is 4.00. The standard InChI is InChI=1S/C27H24BrN3O6S/c1-4-35-21-8-6-16(13-22(21)36-5-2)24-19(26(33)34-3)15-30-27-31(24)25(32)23(38-27)14-17-12-18(28)7-9-20(17)37-11-10-29/h6-9,12-15,24H,4-5,11H2,1-3H3/b23-14-/t24-/m1/s1. The van der Waals surface area contributed by atoms with Gasteiger partial charge in [0.05, 0.1) is 36.5 Å². The SMILES string of the molecule is CCOc1ccc([C@@H]2C(C(=O)OC)=CN=c3s/c(=C\c4cc(Br)ccc4OCC#N)c(=O)n32)cc1OCC. The molecule has 0 radical (unpaired) electrons. The molecule has 0 spiro atoms. The number of benzene rings is 2. The summed E-state index contributed by atoms with van der Waals surface area (Å²) >= 11 is 4.62. The predicted octanol–water partition coefficient (Wildman–Crippen LogP) is 3.48. The molecule has 196 valence electrons. The molecule has 0 N–H and O–H groups in total. The molecule has 9 nitrogen and oxygen atoms in total. The van der Waals surface area contributed by atoms with Gasteiger partial charge in [-0.2, -0.15) is 5.26 Å². The molecule has 0 saturated carbocycles. The lowest BCUT2D eigenvalue weighted by Crippen LogP contribution is -2.39. The van der Waals surface area contributed by atoms with E-state index in [1.54, 1.807) is 42.5 Å². The minimum atomic E-state index is -0.799. The number of thiazole rings is 1. The summed E-state index contributed by atoms with van der Waals surface area (Å²) in [5, 5.41) is 8.93. The van der Waals surface area contributed by atoms with Crippen LogP contribution in [-0.2, 0) is 9.53 Å². The van der Waals surface area contributed by atoms with Crippen molar-refractivity contribution in [3.05, 3.63) is 83.5 Å². The highest BCUT2D eigenvalue weighted by molar-refractivity contribution is 9.10. The monoisotopic (exact) mass is 597 g/mol. The first-order valence-electron chi connectivity index (χ1n) is 11.7. The van der Waals surface area contributed by atoms with Crippen molar-refractivity contribution in [2.75, 3.05) is 26.9 Å². The van der Waals surface area contributed by atoms with E-state index >= 15 is 0 Å². The van der Waals surface area contributed by atoms with Gasteiger partial charge in [0.25, 0.3) is 5.56 Å². The van der Waals surface area contributed by atoms with Gasteiger partial charge in [-0.15, -0.1) is 0 Å². The van der Waals surface area contributed by atoms with E-state index in [-0.39, 0.29) is 17.7 Å². The Morgan fingerprint density at radius 1 is 1.13 bits per heavy atom. The van der Waals surface area contributed by atoms with Crippen molar-refractivity contribution in [3.8, 4) is 23.3 Å². The van der Waals surface area contributed by atoms with Crippen molar-refractivity contribution >= 4 is 39.3 Å². The highest BCUT2D eigenvalue weighted by Gasteiger charge is 2.31. The number of esters is 1. The Kier molecular flexibility index (Phi) is 8.66. The third-order valence-electron chi connectivity index (χ3n) is 5.56. The number of nitriles is 1. The number of methoxy groups -OCH3 is 1. The second-order valence-corrected chi connectivity index (χ2v) is 9.80. The summed E-state index contributed by atoms with van der Waals surface area (Å²) in [4.78, 5) is 31.4. The molecular formula is C27H24BrN3O6S. The van der Waals surface area contributed by atoms with Gasteiger partial charge in [-0.05, 0) is 55.8 Å². The van der Waals surface area contributed by atoms with E-state index in [0.29, 0.717) is 50.9 Å². The lowest BCUT2D eigenvalue weighted by atomic mass is 9.97. The van der Waals surface area contributed by atoms with Gasteiger partial charge in [0, 0.05) is 16.2 Å². The van der Waals surface area contributed by atoms with Crippen LogP contribution >= 0.6 is 27.3 Å². The van der Waals surface area contributed by atoms with E-state index in [1.807, 2.05) is 19.9 Å². The second-order valence-electron chi connectivity index (χ2n) is 7.88. The van der Waals surface area contributed by atoms with Crippen LogP contribution in [0.1, 0.15) is 31.0 Å². The van der Waals surface area contributed by atoms with E-state index in [1.165, 1.54) is 29.2 Å². The fourth-order valence-corrected chi connectivity index (χ4v) is 5.34. The first kappa shape index (κ1) is 27.2. The molecule has 1 aliphatic rings. The minimum Gasteiger partial charge on any atom is -0.490 e. The van der Waals surface area contributed by atoms with Gasteiger partial charge < -0.3 is 18.9 Å². The van der Waals surface area contributed by atoms with Crippen LogP contribution in [0.2, 0.25) is 0 Å². The summed E-state index contributed by atoms with van der Waals surface area (Å²) in [5.41, 5.74) is 1.12. The molecule has 2 heterocycles. The fraction of sp³-hybridized carbons (Fsp3) is 0.259. The van der Waals surface area contributed by atoms with E-state index in [4.69, 9.17) is 24.2 Å². The number of rotatable bonds is 9. The normalized spacial score (nSPS) is 14.6. The van der Waals surface area contributed by atoms with Crippen LogP contribution in [0.25, 0.3) is 6.08 Å². The summed E-state index contributed by atoms with van der Waals surface area (Å²) < 4.78 is 24.7. The van der Waals surface area contributed by atoms with Crippen LogP contribution in [0.3, 0.4) is 0 Å². The molecule has 2 aromatic carbocycles. The molecule has 0 saturated heterocycles. The molecule has 4 rings (SSSR count). The maximum atomic E-state index is 13.8. The average molecular weight is 598 g/mol. The predicted molar refractivity (Wildman–Crippen MR) is 145 cm³/mol. The van der Waals surface area contributed by atoms with Crippen molar-refractivity contribution in [3.63, 3.8) is 0 Å². The van der Waals surface area contributed by atoms with Gasteiger partial charge in [0.1, 0.15) is 11.8 Å². The Hall–Kier alpha value is -3.88. The van der Waals surface area contributed by atoms with Crippen LogP contribution in [-0.4, -0.2) is 37.5 Å². The maximum absolute atomic E-state index is 13.8. The van der Waals surface area contributed by atoms with Crippen LogP contribution in [0.4, 0.5) is 0 Å². The zero-order chi connectivity index (χ0) is 27.2. The highest BCUT2D eigenvalue weighted by atomic mass is 79.9. The van der Waals surface area contributed by atoms with Gasteiger partial charge in [-0.1, -0.05) is 33.3 Å². The molecule has 0 amide bonds. The molecule has 1 atom stereocenters. The summed E-state index contributed by atoms with van der Waals surface area (Å²) in [6, 6.07) is 11.8. The number of carbonyl (C=O) groups excluding carboxylic acids is 1. The number of fused-ring (bicyclic) bond motifs is 1. The summed E-state index contributed by atoms with van der Waals surface area (Å²) in [7, 11) is 1.28. The molecule has 3 aromatic rings. The smallest absolute Gasteiger partial charge is 0.337 e. The summed E-state index contributed by atoms with van der Waals surface area (Å²) in [5.74, 6) is 0.927. The second kappa shape index (κ2) is 12.1. The molecule has 1 aliphatic heterocycles. The quantitative estimate of drug-likeness (QED) is 0.347. The summed E-state index contributed by atoms with van der Waals surface area (Å²) in [6.07, 6.45) is 3.12. The maximum Gasteiger partial charge on any atom is 0.337 e. The number of halogens is 1. The van der Waals surface area contributed by atoms with E-state index < -0.39 is 12.0 Å². The zero-order valence-electron chi connectivity index (χ0n) is 20.9. The Balaban J connectivity index is 1.91. The first-order chi connectivity index (χ1) is 18.4. The molecule has 1 aromatic heterocycles. The van der Waals surface area contributed by atoms with Crippen molar-refractivity contribution < 1.29 is 23.7 Å². The van der Waals surface area contributed by atoms with E-state index in [0.717, 1.165) is 4.47 Å². The summed E-state index contributed by atoms with van der Waals surface area (Å²) in [6.45, 7) is 4.47. The molecule has 0 fully saturated rings. The van der Waals surface area contributed by atoms with Crippen molar-refractivity contribution in [2.45, 2.75) is 19.9 Å². The van der Waals surface area contributed by atoms with E-state index in [9.17, 15) is 9.59 Å². The number of nitrogens with zero attached hydrogens (tertiary/aromatic N) is 3. The number of carbonyl (C=O) groups is 1. The van der Waals surface area contributed by atoms with Gasteiger partial charge in [-0.25, -0.2) is 9.79 Å². The van der Waals surface area contributed by atoms with Gasteiger partial charge >= 0.3 is 5.97 Å². The van der Waals surface area contributed by atoms with Gasteiger partial charge in [0.15, 0.2) is 22.9 Å². The third kappa shape index (κ3) is 5.51. The number of hydrogen-bond donors (Lipinski definition) is 0. The molecule has 0 aliphatic carbocycles. The average Bonchev–Trinajstić information content (AvgIpc) is 3.23. The van der Waals surface area contributed by atoms with Crippen molar-refractivity contribution in [1.29, 1.82) is 5.26 Å². The number of ether oxygens (including phenoxy) is 4. The molecular weight excluding hydrogens is 574 g/mol. The Labute approximate surface area is 231 Å². The van der Waals surface area contributed by atoms with Crippen LogP contribution < -0.4 is 29.1 Å². The zero-order valence-corrected chi connectivity index (χ0v) is 23.3. The van der Waals surface area contributed by atoms with Gasteiger partial charge in [-0.3, -0.25) is 9.36 Å². The Bertz CT molecular complexity index is 1620. The topological polar surface area (TPSA) is 112 Å². The Morgan fingerprint density at radius 2 is 1.87 bits per heavy atom. The van der Waals surface area contributed by atoms with Crippen LogP contribution in [0.5, 0.6) is 17.2 Å². The largest absolute Gasteiger partial charge is 0.490 e. The lowest BCUT2D eigenvalue weighted by molar-refractivity contribution is -0.136. The molecule has 0 unspecified atom stereocenters.